The van der Waals surface area contributed by atoms with Gasteiger partial charge in [0.15, 0.2) is 11.2 Å². The number of ether oxygens (including phenoxy) is 2. The number of halogens is 8. The van der Waals surface area contributed by atoms with Gasteiger partial charge in [-0.3, -0.25) is 4.98 Å². The fourth-order valence-corrected chi connectivity index (χ4v) is 9.63. The van der Waals surface area contributed by atoms with Crippen LogP contribution in [0.25, 0.3) is 20.2 Å². The molecule has 58 heavy (non-hydrogen) atoms. The number of hydrogen-bond acceptors (Lipinski definition) is 7. The molecule has 0 saturated heterocycles. The Kier molecular flexibility index (Phi) is 12.9. The lowest BCUT2D eigenvalue weighted by Gasteiger charge is -2.38. The summed E-state index contributed by atoms with van der Waals surface area (Å²) in [5.74, 6) is -0.605. The number of fused-ring (bicyclic) bond motifs is 2. The molecular weight excluding hydrogens is 811 g/mol. The number of aromatic nitrogens is 1. The number of rotatable bonds is 12. The standard InChI is InChI=1S/C22H22F4O2S.C21H21F4NO2S/c1-20(2,17-11-15(23)8-9-18(17)28-3)13-21(27,22(24,25)26)12-16-10-14-6-4-5-7-19(14)29-16;1-19(2,16-9-14(22)4-5-17(16)28-3)12-20(27,21(23,24)25)10-15-8-13-6-7-26-11-18(13)29-15/h4-11,27H,12-13H2,1-3H3;4-9,11,27H,10,12H2,1-3H3. The maximum Gasteiger partial charge on any atom is 0.417 e. The normalized spacial score (nSPS) is 14.8. The highest BCUT2D eigenvalue weighted by Crippen LogP contribution is 2.48. The lowest BCUT2D eigenvalue weighted by Crippen LogP contribution is -2.50. The van der Waals surface area contributed by atoms with Crippen molar-refractivity contribution in [3.05, 3.63) is 124 Å². The van der Waals surface area contributed by atoms with Crippen LogP contribution in [0.5, 0.6) is 11.5 Å². The first-order valence-corrected chi connectivity index (χ1v) is 19.6. The Morgan fingerprint density at radius 1 is 0.586 bits per heavy atom. The Balaban J connectivity index is 0.000000221. The van der Waals surface area contributed by atoms with Crippen LogP contribution in [0.4, 0.5) is 35.1 Å². The number of hydrogen-bond donors (Lipinski definition) is 2. The second kappa shape index (κ2) is 16.7. The molecule has 2 N–H and O–H groups in total. The first-order valence-electron chi connectivity index (χ1n) is 18.0. The van der Waals surface area contributed by atoms with Crippen LogP contribution in [-0.2, 0) is 23.7 Å². The third-order valence-electron chi connectivity index (χ3n) is 10.1. The molecule has 0 fully saturated rings. The summed E-state index contributed by atoms with van der Waals surface area (Å²) in [6, 6.07) is 19.7. The van der Waals surface area contributed by atoms with E-state index in [1.165, 1.54) is 63.7 Å². The summed E-state index contributed by atoms with van der Waals surface area (Å²) in [6.45, 7) is 6.17. The van der Waals surface area contributed by atoms with E-state index < -0.39 is 71.7 Å². The zero-order valence-corrected chi connectivity index (χ0v) is 34.1. The molecule has 5 nitrogen and oxygen atoms in total. The minimum absolute atomic E-state index is 0.267. The van der Waals surface area contributed by atoms with Gasteiger partial charge in [0.2, 0.25) is 0 Å². The van der Waals surface area contributed by atoms with Crippen LogP contribution in [0.3, 0.4) is 0 Å². The van der Waals surface area contributed by atoms with Crippen molar-refractivity contribution < 1.29 is 54.8 Å². The predicted molar refractivity (Wildman–Crippen MR) is 212 cm³/mol. The van der Waals surface area contributed by atoms with Crippen LogP contribution in [0.2, 0.25) is 0 Å². The molecule has 3 heterocycles. The molecule has 6 aromatic rings. The van der Waals surface area contributed by atoms with E-state index in [0.717, 1.165) is 43.6 Å². The summed E-state index contributed by atoms with van der Waals surface area (Å²) in [6.07, 6.45) is -9.06. The number of aliphatic hydroxyl groups is 2. The minimum Gasteiger partial charge on any atom is -0.496 e. The number of thiophene rings is 2. The molecule has 3 aromatic heterocycles. The molecule has 0 radical (unpaired) electrons. The van der Waals surface area contributed by atoms with Crippen molar-refractivity contribution in [1.29, 1.82) is 0 Å². The molecule has 0 aliphatic carbocycles. The van der Waals surface area contributed by atoms with Gasteiger partial charge >= 0.3 is 12.4 Å². The van der Waals surface area contributed by atoms with Gasteiger partial charge < -0.3 is 19.7 Å². The van der Waals surface area contributed by atoms with Crippen LogP contribution >= 0.6 is 22.7 Å². The molecule has 6 rings (SSSR count). The zero-order chi connectivity index (χ0) is 42.9. The molecule has 0 saturated carbocycles. The smallest absolute Gasteiger partial charge is 0.417 e. The highest BCUT2D eigenvalue weighted by molar-refractivity contribution is 7.19. The van der Waals surface area contributed by atoms with E-state index in [4.69, 9.17) is 9.47 Å². The minimum atomic E-state index is -4.88. The van der Waals surface area contributed by atoms with Gasteiger partial charge in [-0.2, -0.15) is 26.3 Å². The van der Waals surface area contributed by atoms with Crippen LogP contribution in [-0.4, -0.2) is 53.0 Å². The van der Waals surface area contributed by atoms with Gasteiger partial charge in [-0.15, -0.1) is 22.7 Å². The zero-order valence-electron chi connectivity index (χ0n) is 32.5. The van der Waals surface area contributed by atoms with Gasteiger partial charge in [-0.25, -0.2) is 8.78 Å². The number of nitrogens with zero attached hydrogens (tertiary/aromatic N) is 1. The molecule has 0 spiro atoms. The topological polar surface area (TPSA) is 71.8 Å². The van der Waals surface area contributed by atoms with Crippen molar-refractivity contribution in [2.45, 2.75) is 87.8 Å². The molecule has 312 valence electrons. The van der Waals surface area contributed by atoms with Crippen LogP contribution in [0.1, 0.15) is 61.4 Å². The first-order chi connectivity index (χ1) is 26.9. The molecule has 15 heteroatoms. The van der Waals surface area contributed by atoms with Gasteiger partial charge in [0.1, 0.15) is 23.1 Å². The van der Waals surface area contributed by atoms with Gasteiger partial charge in [0.25, 0.3) is 0 Å². The predicted octanol–water partition coefficient (Wildman–Crippen LogP) is 11.9. The van der Waals surface area contributed by atoms with E-state index in [9.17, 15) is 45.3 Å². The quantitative estimate of drug-likeness (QED) is 0.120. The molecule has 0 bridgehead atoms. The molecule has 0 amide bonds. The summed E-state index contributed by atoms with van der Waals surface area (Å²) in [5, 5.41) is 23.2. The van der Waals surface area contributed by atoms with Crippen molar-refractivity contribution in [3.63, 3.8) is 0 Å². The van der Waals surface area contributed by atoms with E-state index in [-0.39, 0.29) is 22.6 Å². The number of alkyl halides is 6. The number of benzene rings is 3. The lowest BCUT2D eigenvalue weighted by molar-refractivity contribution is -0.266. The van der Waals surface area contributed by atoms with E-state index in [1.807, 2.05) is 24.3 Å². The fourth-order valence-electron chi connectivity index (χ4n) is 7.32. The number of pyridine rings is 1. The molecule has 3 aromatic carbocycles. The monoisotopic (exact) mass is 853 g/mol. The highest BCUT2D eigenvalue weighted by atomic mass is 32.1. The molecule has 0 aliphatic rings. The van der Waals surface area contributed by atoms with Crippen molar-refractivity contribution in [2.75, 3.05) is 14.2 Å². The largest absolute Gasteiger partial charge is 0.496 e. The SMILES string of the molecule is COc1ccc(F)cc1C(C)(C)CC(O)(Cc1cc2ccccc2s1)C(F)(F)F.COc1ccc(F)cc1C(C)(C)CC(O)(Cc1cc2ccncc2s1)C(F)(F)F. The Labute approximate surface area is 338 Å². The van der Waals surface area contributed by atoms with Crippen LogP contribution < -0.4 is 9.47 Å². The van der Waals surface area contributed by atoms with Crippen molar-refractivity contribution in [2.24, 2.45) is 0 Å². The Hall–Kier alpha value is -4.31. The second-order valence-electron chi connectivity index (χ2n) is 15.6. The fraction of sp³-hybridized carbons (Fsp3) is 0.372. The third-order valence-corrected chi connectivity index (χ3v) is 12.3. The summed E-state index contributed by atoms with van der Waals surface area (Å²) < 4.78 is 124. The summed E-state index contributed by atoms with van der Waals surface area (Å²) >= 11 is 2.39. The second-order valence-corrected chi connectivity index (χ2v) is 17.9. The Bertz CT molecular complexity index is 2120. The van der Waals surface area contributed by atoms with Gasteiger partial charge in [0, 0.05) is 50.8 Å². The van der Waals surface area contributed by atoms with E-state index in [2.05, 4.69) is 4.98 Å². The average Bonchev–Trinajstić information content (AvgIpc) is 3.73. The van der Waals surface area contributed by atoms with Gasteiger partial charge in [-0.05, 0) is 95.1 Å². The molecule has 2 unspecified atom stereocenters. The van der Waals surface area contributed by atoms with E-state index >= 15 is 0 Å². The maximum atomic E-state index is 14.0. The van der Waals surface area contributed by atoms with Crippen LogP contribution in [0.15, 0.2) is 91.3 Å². The van der Waals surface area contributed by atoms with Crippen LogP contribution in [0, 0.1) is 11.6 Å². The van der Waals surface area contributed by atoms with Gasteiger partial charge in [0.05, 0.1) is 18.9 Å². The third kappa shape index (κ3) is 9.92. The summed E-state index contributed by atoms with van der Waals surface area (Å²) in [5.41, 5.74) is -7.84. The van der Waals surface area contributed by atoms with E-state index in [0.29, 0.717) is 9.75 Å². The summed E-state index contributed by atoms with van der Waals surface area (Å²) in [4.78, 5) is 4.81. The van der Waals surface area contributed by atoms with E-state index in [1.54, 1.807) is 44.4 Å². The van der Waals surface area contributed by atoms with Crippen molar-refractivity contribution in [1.82, 2.24) is 4.98 Å². The molecule has 0 aliphatic heterocycles. The Morgan fingerprint density at radius 2 is 1.02 bits per heavy atom. The number of methoxy groups -OCH3 is 2. The molecule has 2 atom stereocenters. The summed E-state index contributed by atoms with van der Waals surface area (Å²) in [7, 11) is 2.74. The van der Waals surface area contributed by atoms with Crippen molar-refractivity contribution in [3.8, 4) is 11.5 Å². The maximum absolute atomic E-state index is 14.0. The average molecular weight is 854 g/mol. The molecular formula is C43H43F8NO4S2. The lowest BCUT2D eigenvalue weighted by atomic mass is 9.73. The Morgan fingerprint density at radius 3 is 1.43 bits per heavy atom. The van der Waals surface area contributed by atoms with Crippen molar-refractivity contribution >= 4 is 42.8 Å². The highest BCUT2D eigenvalue weighted by Gasteiger charge is 2.57. The van der Waals surface area contributed by atoms with Gasteiger partial charge in [-0.1, -0.05) is 45.9 Å². The first kappa shape index (κ1) is 44.8.